The molecule has 0 saturated carbocycles. The number of fused-ring (bicyclic) bond motifs is 1. The number of hydrogen-bond acceptors (Lipinski definition) is 4. The van der Waals surface area contributed by atoms with Crippen LogP contribution in [0.4, 0.5) is 0 Å². The summed E-state index contributed by atoms with van der Waals surface area (Å²) in [5, 5.41) is 12.2. The van der Waals surface area contributed by atoms with Gasteiger partial charge >= 0.3 is 0 Å². The second-order valence-corrected chi connectivity index (χ2v) is 4.94. The minimum atomic E-state index is -0.0490. The Labute approximate surface area is 119 Å². The molecular formula is C15H22N4O. The second kappa shape index (κ2) is 7.14. The van der Waals surface area contributed by atoms with Gasteiger partial charge in [-0.1, -0.05) is 31.2 Å². The molecule has 0 radical (unpaired) electrons. The van der Waals surface area contributed by atoms with Gasteiger partial charge in [0.2, 0.25) is 0 Å². The Bertz CT molecular complexity index is 608. The van der Waals surface area contributed by atoms with E-state index in [4.69, 9.17) is 0 Å². The van der Waals surface area contributed by atoms with Gasteiger partial charge < -0.3 is 5.32 Å². The van der Waals surface area contributed by atoms with Crippen LogP contribution in [0.25, 0.3) is 10.9 Å². The molecule has 5 heteroatoms. The summed E-state index contributed by atoms with van der Waals surface area (Å²) in [5.74, 6) is 0. The molecule has 0 bridgehead atoms. The molecule has 1 atom stereocenters. The van der Waals surface area contributed by atoms with Crippen LogP contribution < -0.4 is 10.9 Å². The molecule has 0 aliphatic carbocycles. The molecule has 1 unspecified atom stereocenters. The van der Waals surface area contributed by atoms with E-state index in [1.807, 2.05) is 18.2 Å². The van der Waals surface area contributed by atoms with Gasteiger partial charge in [0.05, 0.1) is 5.39 Å². The Morgan fingerprint density at radius 2 is 2.10 bits per heavy atom. The summed E-state index contributed by atoms with van der Waals surface area (Å²) in [6.45, 7) is 5.89. The zero-order valence-corrected chi connectivity index (χ0v) is 12.2. The maximum absolute atomic E-state index is 12.2. The van der Waals surface area contributed by atoms with Crippen LogP contribution in [-0.4, -0.2) is 27.6 Å². The van der Waals surface area contributed by atoms with E-state index in [9.17, 15) is 4.79 Å². The van der Waals surface area contributed by atoms with E-state index in [1.165, 1.54) is 4.68 Å². The fourth-order valence-electron chi connectivity index (χ4n) is 2.40. The van der Waals surface area contributed by atoms with E-state index in [1.54, 1.807) is 6.07 Å². The van der Waals surface area contributed by atoms with Crippen molar-refractivity contribution in [3.8, 4) is 0 Å². The molecule has 0 saturated heterocycles. The first-order valence-corrected chi connectivity index (χ1v) is 7.32. The van der Waals surface area contributed by atoms with Crippen molar-refractivity contribution in [2.24, 2.45) is 0 Å². The van der Waals surface area contributed by atoms with Gasteiger partial charge in [0.1, 0.15) is 5.52 Å². The van der Waals surface area contributed by atoms with Crippen LogP contribution in [0.2, 0.25) is 0 Å². The minimum Gasteiger partial charge on any atom is -0.314 e. The first-order chi connectivity index (χ1) is 9.76. The maximum Gasteiger partial charge on any atom is 0.277 e. The average molecular weight is 274 g/mol. The number of aryl methyl sites for hydroxylation is 1. The van der Waals surface area contributed by atoms with Crippen molar-refractivity contribution in [1.29, 1.82) is 0 Å². The van der Waals surface area contributed by atoms with E-state index >= 15 is 0 Å². The number of benzene rings is 1. The third-order valence-corrected chi connectivity index (χ3v) is 3.54. The van der Waals surface area contributed by atoms with Crippen LogP contribution in [0.1, 0.15) is 33.1 Å². The molecule has 1 N–H and O–H groups in total. The lowest BCUT2D eigenvalue weighted by molar-refractivity contribution is 0.429. The van der Waals surface area contributed by atoms with Gasteiger partial charge in [-0.25, -0.2) is 4.68 Å². The number of rotatable bonds is 7. The van der Waals surface area contributed by atoms with Crippen molar-refractivity contribution in [2.75, 3.05) is 6.54 Å². The Morgan fingerprint density at radius 3 is 2.85 bits per heavy atom. The van der Waals surface area contributed by atoms with Crippen LogP contribution >= 0.6 is 0 Å². The Hall–Kier alpha value is -1.75. The van der Waals surface area contributed by atoms with Crippen molar-refractivity contribution in [2.45, 2.75) is 45.7 Å². The highest BCUT2D eigenvalue weighted by atomic mass is 16.1. The van der Waals surface area contributed by atoms with Crippen molar-refractivity contribution >= 4 is 10.9 Å². The third-order valence-electron chi connectivity index (χ3n) is 3.54. The maximum atomic E-state index is 12.2. The molecule has 1 aromatic carbocycles. The molecule has 0 aliphatic rings. The van der Waals surface area contributed by atoms with E-state index in [-0.39, 0.29) is 5.56 Å². The van der Waals surface area contributed by atoms with Gasteiger partial charge in [0.15, 0.2) is 0 Å². The normalized spacial score (nSPS) is 12.7. The molecule has 2 aromatic rings. The van der Waals surface area contributed by atoms with Crippen LogP contribution in [-0.2, 0) is 6.54 Å². The Morgan fingerprint density at radius 1 is 1.30 bits per heavy atom. The quantitative estimate of drug-likeness (QED) is 0.838. The molecule has 2 rings (SSSR count). The summed E-state index contributed by atoms with van der Waals surface area (Å²) in [5.41, 5.74) is 0.611. The molecule has 0 amide bonds. The summed E-state index contributed by atoms with van der Waals surface area (Å²) in [7, 11) is 0. The van der Waals surface area contributed by atoms with Gasteiger partial charge in [0.25, 0.3) is 5.56 Å². The summed E-state index contributed by atoms with van der Waals surface area (Å²) < 4.78 is 1.47. The zero-order valence-electron chi connectivity index (χ0n) is 12.2. The summed E-state index contributed by atoms with van der Waals surface area (Å²) in [4.78, 5) is 12.2. The molecular weight excluding hydrogens is 252 g/mol. The highest BCUT2D eigenvalue weighted by Gasteiger charge is 2.07. The predicted molar refractivity (Wildman–Crippen MR) is 80.8 cm³/mol. The van der Waals surface area contributed by atoms with Gasteiger partial charge in [-0.15, -0.1) is 5.10 Å². The molecule has 5 nitrogen and oxygen atoms in total. The molecule has 0 aliphatic heterocycles. The third kappa shape index (κ3) is 3.42. The first-order valence-electron chi connectivity index (χ1n) is 7.32. The highest BCUT2D eigenvalue weighted by Crippen LogP contribution is 2.05. The topological polar surface area (TPSA) is 59.8 Å². The lowest BCUT2D eigenvalue weighted by Crippen LogP contribution is -2.29. The zero-order chi connectivity index (χ0) is 14.4. The van der Waals surface area contributed by atoms with Crippen molar-refractivity contribution in [3.63, 3.8) is 0 Å². The lowest BCUT2D eigenvalue weighted by Gasteiger charge is -2.15. The van der Waals surface area contributed by atoms with Crippen molar-refractivity contribution in [3.05, 3.63) is 34.6 Å². The fraction of sp³-hybridized carbons (Fsp3) is 0.533. The first kappa shape index (κ1) is 14.7. The van der Waals surface area contributed by atoms with Crippen molar-refractivity contribution in [1.82, 2.24) is 20.3 Å². The smallest absolute Gasteiger partial charge is 0.277 e. The molecule has 1 heterocycles. The van der Waals surface area contributed by atoms with Gasteiger partial charge in [-0.3, -0.25) is 4.79 Å². The van der Waals surface area contributed by atoms with Gasteiger partial charge in [-0.05, 0) is 37.9 Å². The van der Waals surface area contributed by atoms with E-state index in [0.717, 1.165) is 25.8 Å². The van der Waals surface area contributed by atoms with E-state index in [0.29, 0.717) is 23.5 Å². The summed E-state index contributed by atoms with van der Waals surface area (Å²) >= 11 is 0. The van der Waals surface area contributed by atoms with Crippen LogP contribution in [0.3, 0.4) is 0 Å². The number of hydrogen-bond donors (Lipinski definition) is 1. The second-order valence-electron chi connectivity index (χ2n) is 4.94. The number of nitrogens with zero attached hydrogens (tertiary/aromatic N) is 3. The number of nitrogens with one attached hydrogen (secondary N) is 1. The molecule has 108 valence electrons. The van der Waals surface area contributed by atoms with Crippen LogP contribution in [0.15, 0.2) is 29.1 Å². The van der Waals surface area contributed by atoms with E-state index < -0.39 is 0 Å². The number of aromatic nitrogens is 3. The van der Waals surface area contributed by atoms with Crippen LogP contribution in [0, 0.1) is 0 Å². The molecule has 1 aromatic heterocycles. The lowest BCUT2D eigenvalue weighted by atomic mass is 10.1. The predicted octanol–water partition coefficient (Wildman–Crippen LogP) is 1.96. The fourth-order valence-corrected chi connectivity index (χ4v) is 2.40. The van der Waals surface area contributed by atoms with Crippen molar-refractivity contribution < 1.29 is 0 Å². The summed E-state index contributed by atoms with van der Waals surface area (Å²) in [6, 6.07) is 7.85. The molecule has 20 heavy (non-hydrogen) atoms. The van der Waals surface area contributed by atoms with Gasteiger partial charge in [-0.2, -0.15) is 0 Å². The largest absolute Gasteiger partial charge is 0.314 e. The van der Waals surface area contributed by atoms with Gasteiger partial charge in [0, 0.05) is 12.6 Å². The molecule has 0 spiro atoms. The summed E-state index contributed by atoms with van der Waals surface area (Å²) in [6.07, 6.45) is 3.08. The van der Waals surface area contributed by atoms with E-state index in [2.05, 4.69) is 29.5 Å². The Balaban J connectivity index is 2.03. The standard InChI is InChI=1S/C15H22N4O/c1-3-12(16-4-2)8-7-11-19-15(20)13-9-5-6-10-14(13)17-18-19/h5-6,9-10,12,16H,3-4,7-8,11H2,1-2H3. The monoisotopic (exact) mass is 274 g/mol. The Kier molecular flexibility index (Phi) is 5.24. The minimum absolute atomic E-state index is 0.0490. The molecule has 0 fully saturated rings. The highest BCUT2D eigenvalue weighted by molar-refractivity contribution is 5.76. The SMILES string of the molecule is CCNC(CC)CCCn1nnc2ccccc2c1=O. The average Bonchev–Trinajstić information content (AvgIpc) is 2.49. The van der Waals surface area contributed by atoms with Crippen LogP contribution in [0.5, 0.6) is 0 Å².